The van der Waals surface area contributed by atoms with Crippen LogP contribution in [-0.4, -0.2) is 73.3 Å². The number of piperazine rings is 1. The van der Waals surface area contributed by atoms with Gasteiger partial charge in [0.25, 0.3) is 0 Å². The van der Waals surface area contributed by atoms with Gasteiger partial charge in [-0.1, -0.05) is 12.1 Å². The summed E-state index contributed by atoms with van der Waals surface area (Å²) in [6, 6.07) is 7.57. The van der Waals surface area contributed by atoms with E-state index in [9.17, 15) is 4.79 Å². The van der Waals surface area contributed by atoms with Crippen LogP contribution in [0.15, 0.2) is 24.3 Å². The normalized spacial score (nSPS) is 17.7. The maximum atomic E-state index is 12.3. The molecule has 0 radical (unpaired) electrons. The van der Waals surface area contributed by atoms with Gasteiger partial charge in [-0.05, 0) is 24.6 Å². The largest absolute Gasteiger partial charge is 0.497 e. The molecule has 1 amide bonds. The molecule has 0 aliphatic carbocycles. The van der Waals surface area contributed by atoms with E-state index >= 15 is 0 Å². The molecule has 1 atom stereocenters. The third kappa shape index (κ3) is 5.20. The summed E-state index contributed by atoms with van der Waals surface area (Å²) in [4.78, 5) is 16.7. The number of aliphatic hydroxyl groups excluding tert-OH is 1. The van der Waals surface area contributed by atoms with E-state index in [1.807, 2.05) is 31.2 Å². The first-order valence-electron chi connectivity index (χ1n) is 8.12. The van der Waals surface area contributed by atoms with Crippen molar-refractivity contribution in [3.05, 3.63) is 29.8 Å². The average Bonchev–Trinajstić information content (AvgIpc) is 2.60. The molecule has 0 saturated carbocycles. The van der Waals surface area contributed by atoms with Crippen molar-refractivity contribution in [2.45, 2.75) is 19.5 Å². The fourth-order valence-corrected chi connectivity index (χ4v) is 2.76. The molecule has 1 saturated heterocycles. The molecule has 1 aromatic carbocycles. The van der Waals surface area contributed by atoms with E-state index in [1.54, 1.807) is 7.11 Å². The molecule has 0 spiro atoms. The van der Waals surface area contributed by atoms with Gasteiger partial charge in [0.15, 0.2) is 0 Å². The zero-order valence-electron chi connectivity index (χ0n) is 14.0. The number of hydrogen-bond acceptors (Lipinski definition) is 5. The summed E-state index contributed by atoms with van der Waals surface area (Å²) in [6.07, 6.45) is 0. The van der Waals surface area contributed by atoms with E-state index in [1.165, 1.54) is 0 Å². The minimum Gasteiger partial charge on any atom is -0.497 e. The lowest BCUT2D eigenvalue weighted by Gasteiger charge is -2.37. The summed E-state index contributed by atoms with van der Waals surface area (Å²) in [5.41, 5.74) is 1.05. The molecule has 1 aliphatic rings. The number of benzene rings is 1. The van der Waals surface area contributed by atoms with Crippen LogP contribution in [0.1, 0.15) is 12.5 Å². The Morgan fingerprint density at radius 1 is 1.26 bits per heavy atom. The highest BCUT2D eigenvalue weighted by molar-refractivity contribution is 5.81. The standard InChI is InChI=1S/C17H27N3O3/c1-14(20-9-7-19(8-10-20)11-12-21)17(22)18-13-15-3-5-16(23-2)6-4-15/h3-6,14,21H,7-13H2,1-2H3,(H,18,22)/t14-/m0/s1. The molecule has 1 fully saturated rings. The van der Waals surface area contributed by atoms with Crippen LogP contribution in [0.3, 0.4) is 0 Å². The fourth-order valence-electron chi connectivity index (χ4n) is 2.76. The third-order valence-electron chi connectivity index (χ3n) is 4.38. The number of hydrogen-bond donors (Lipinski definition) is 2. The van der Waals surface area contributed by atoms with Crippen molar-refractivity contribution in [2.24, 2.45) is 0 Å². The van der Waals surface area contributed by atoms with E-state index in [-0.39, 0.29) is 18.6 Å². The van der Waals surface area contributed by atoms with Crippen LogP contribution in [0, 0.1) is 0 Å². The van der Waals surface area contributed by atoms with E-state index in [0.29, 0.717) is 13.1 Å². The first-order valence-corrected chi connectivity index (χ1v) is 8.12. The lowest BCUT2D eigenvalue weighted by atomic mass is 10.2. The van der Waals surface area contributed by atoms with E-state index in [4.69, 9.17) is 9.84 Å². The number of aliphatic hydroxyl groups is 1. The molecule has 2 N–H and O–H groups in total. The van der Waals surface area contributed by atoms with Crippen LogP contribution < -0.4 is 10.1 Å². The Bertz CT molecular complexity index is 484. The van der Waals surface area contributed by atoms with Gasteiger partial charge in [0, 0.05) is 39.3 Å². The van der Waals surface area contributed by atoms with E-state index in [2.05, 4.69) is 15.1 Å². The minimum atomic E-state index is -0.135. The number of methoxy groups -OCH3 is 1. The summed E-state index contributed by atoms with van der Waals surface area (Å²) < 4.78 is 5.12. The molecule has 1 heterocycles. The van der Waals surface area contributed by atoms with Crippen LogP contribution in [0.5, 0.6) is 5.75 Å². The number of carbonyl (C=O) groups is 1. The number of rotatable bonds is 7. The van der Waals surface area contributed by atoms with Gasteiger partial charge in [0.1, 0.15) is 5.75 Å². The van der Waals surface area contributed by atoms with Crippen molar-refractivity contribution < 1.29 is 14.6 Å². The zero-order valence-corrected chi connectivity index (χ0v) is 14.0. The SMILES string of the molecule is COc1ccc(CNC(=O)[C@H](C)N2CCN(CCO)CC2)cc1. The van der Waals surface area contributed by atoms with Crippen LogP contribution in [0.2, 0.25) is 0 Å². The Balaban J connectivity index is 1.76. The maximum Gasteiger partial charge on any atom is 0.237 e. The quantitative estimate of drug-likeness (QED) is 0.757. The summed E-state index contributed by atoms with van der Waals surface area (Å²) in [7, 11) is 1.64. The Hall–Kier alpha value is -1.63. The van der Waals surface area contributed by atoms with Gasteiger partial charge >= 0.3 is 0 Å². The number of amides is 1. The van der Waals surface area contributed by atoms with Crippen LogP contribution in [0.25, 0.3) is 0 Å². The molecule has 1 aromatic rings. The molecule has 6 heteroatoms. The Labute approximate surface area is 138 Å². The van der Waals surface area contributed by atoms with Crippen molar-refractivity contribution in [2.75, 3.05) is 46.4 Å². The smallest absolute Gasteiger partial charge is 0.237 e. The third-order valence-corrected chi connectivity index (χ3v) is 4.38. The predicted octanol–water partition coefficient (Wildman–Crippen LogP) is 0.310. The number of nitrogens with one attached hydrogen (secondary N) is 1. The molecule has 128 valence electrons. The average molecular weight is 321 g/mol. The Morgan fingerprint density at radius 2 is 1.91 bits per heavy atom. The van der Waals surface area contributed by atoms with Crippen molar-refractivity contribution in [3.8, 4) is 5.75 Å². The monoisotopic (exact) mass is 321 g/mol. The zero-order chi connectivity index (χ0) is 16.7. The van der Waals surface area contributed by atoms with Gasteiger partial charge < -0.3 is 15.2 Å². The van der Waals surface area contributed by atoms with Crippen molar-refractivity contribution >= 4 is 5.91 Å². The molecule has 0 aromatic heterocycles. The van der Waals surface area contributed by atoms with Crippen LogP contribution >= 0.6 is 0 Å². The first-order chi connectivity index (χ1) is 11.1. The first kappa shape index (κ1) is 17.7. The van der Waals surface area contributed by atoms with Gasteiger partial charge in [-0.15, -0.1) is 0 Å². The second kappa shape index (κ2) is 8.86. The Kier molecular flexibility index (Phi) is 6.83. The number of nitrogens with zero attached hydrogens (tertiary/aromatic N) is 2. The van der Waals surface area contributed by atoms with E-state index in [0.717, 1.165) is 37.5 Å². The van der Waals surface area contributed by atoms with Crippen molar-refractivity contribution in [3.63, 3.8) is 0 Å². The molecule has 6 nitrogen and oxygen atoms in total. The van der Waals surface area contributed by atoms with Gasteiger partial charge in [-0.25, -0.2) is 0 Å². The lowest BCUT2D eigenvalue weighted by Crippen LogP contribution is -2.54. The molecule has 1 aliphatic heterocycles. The number of ether oxygens (including phenoxy) is 1. The highest BCUT2D eigenvalue weighted by atomic mass is 16.5. The topological polar surface area (TPSA) is 65.0 Å². The molecule has 2 rings (SSSR count). The van der Waals surface area contributed by atoms with Crippen LogP contribution in [-0.2, 0) is 11.3 Å². The van der Waals surface area contributed by atoms with E-state index < -0.39 is 0 Å². The molecule has 23 heavy (non-hydrogen) atoms. The predicted molar refractivity (Wildman–Crippen MR) is 89.4 cm³/mol. The summed E-state index contributed by atoms with van der Waals surface area (Å²) in [5.74, 6) is 0.866. The minimum absolute atomic E-state index is 0.0522. The van der Waals surface area contributed by atoms with Gasteiger partial charge in [-0.2, -0.15) is 0 Å². The summed E-state index contributed by atoms with van der Waals surface area (Å²) in [5, 5.41) is 12.0. The highest BCUT2D eigenvalue weighted by Crippen LogP contribution is 2.11. The maximum absolute atomic E-state index is 12.3. The summed E-state index contributed by atoms with van der Waals surface area (Å²) >= 11 is 0. The van der Waals surface area contributed by atoms with Gasteiger partial charge in [-0.3, -0.25) is 14.6 Å². The van der Waals surface area contributed by atoms with Gasteiger partial charge in [0.2, 0.25) is 5.91 Å². The number of β-amino-alcohol motifs (C(OH)–C–C–N with tert-alkyl or cyclic N) is 1. The van der Waals surface area contributed by atoms with Gasteiger partial charge in [0.05, 0.1) is 19.8 Å². The van der Waals surface area contributed by atoms with Crippen LogP contribution in [0.4, 0.5) is 0 Å². The molecule has 0 bridgehead atoms. The molecular formula is C17H27N3O3. The van der Waals surface area contributed by atoms with Crippen molar-refractivity contribution in [1.82, 2.24) is 15.1 Å². The summed E-state index contributed by atoms with van der Waals surface area (Å²) in [6.45, 7) is 6.90. The second-order valence-corrected chi connectivity index (χ2v) is 5.84. The fraction of sp³-hybridized carbons (Fsp3) is 0.588. The lowest BCUT2D eigenvalue weighted by molar-refractivity contribution is -0.126. The Morgan fingerprint density at radius 3 is 2.48 bits per heavy atom. The number of carbonyl (C=O) groups excluding carboxylic acids is 1. The molecule has 0 unspecified atom stereocenters. The molecular weight excluding hydrogens is 294 g/mol. The second-order valence-electron chi connectivity index (χ2n) is 5.84. The van der Waals surface area contributed by atoms with Crippen molar-refractivity contribution in [1.29, 1.82) is 0 Å². The highest BCUT2D eigenvalue weighted by Gasteiger charge is 2.25.